The third kappa shape index (κ3) is 4.53. The Balaban J connectivity index is 2.72. The molecule has 0 saturated heterocycles. The van der Waals surface area contributed by atoms with Crippen molar-refractivity contribution in [3.8, 4) is 11.8 Å². The van der Waals surface area contributed by atoms with Crippen LogP contribution in [0.2, 0.25) is 0 Å². The standard InChI is InChI=1S/C13H16O4/c1-3-16-12(17-4-2)7-10-13(15)8-5-11(14)6-9-13/h5-6,8-9,12,15H,3-4H2,1-2H3. The molecule has 0 fully saturated rings. The normalized spacial score (nSPS) is 17.1. The lowest BCUT2D eigenvalue weighted by Crippen LogP contribution is -2.24. The molecule has 0 atom stereocenters. The van der Waals surface area contributed by atoms with Crippen LogP contribution in [0.3, 0.4) is 0 Å². The number of carbonyl (C=O) groups excluding carboxylic acids is 1. The van der Waals surface area contributed by atoms with Gasteiger partial charge in [-0.3, -0.25) is 4.79 Å². The first-order valence-corrected chi connectivity index (χ1v) is 5.50. The number of ketones is 1. The Labute approximate surface area is 101 Å². The highest BCUT2D eigenvalue weighted by Gasteiger charge is 2.20. The summed E-state index contributed by atoms with van der Waals surface area (Å²) in [5.74, 6) is 5.14. The van der Waals surface area contributed by atoms with E-state index in [-0.39, 0.29) is 5.78 Å². The lowest BCUT2D eigenvalue weighted by molar-refractivity contribution is -0.110. The van der Waals surface area contributed by atoms with Crippen molar-refractivity contribution < 1.29 is 19.4 Å². The smallest absolute Gasteiger partial charge is 0.222 e. The van der Waals surface area contributed by atoms with Gasteiger partial charge in [0.15, 0.2) is 11.4 Å². The molecule has 4 nitrogen and oxygen atoms in total. The van der Waals surface area contributed by atoms with Gasteiger partial charge in [-0.25, -0.2) is 0 Å². The van der Waals surface area contributed by atoms with Crippen molar-refractivity contribution >= 4 is 5.78 Å². The largest absolute Gasteiger partial charge is 0.370 e. The average molecular weight is 236 g/mol. The monoisotopic (exact) mass is 236 g/mol. The molecule has 0 aliphatic heterocycles. The Morgan fingerprint density at radius 1 is 1.29 bits per heavy atom. The van der Waals surface area contributed by atoms with Crippen molar-refractivity contribution in [3.05, 3.63) is 24.3 Å². The fourth-order valence-electron chi connectivity index (χ4n) is 1.22. The fourth-order valence-corrected chi connectivity index (χ4v) is 1.22. The molecular formula is C13H16O4. The molecule has 0 spiro atoms. The number of allylic oxidation sites excluding steroid dienone is 2. The summed E-state index contributed by atoms with van der Waals surface area (Å²) >= 11 is 0. The maximum absolute atomic E-state index is 10.9. The Morgan fingerprint density at radius 3 is 2.29 bits per heavy atom. The van der Waals surface area contributed by atoms with Crippen molar-refractivity contribution in [1.29, 1.82) is 0 Å². The van der Waals surface area contributed by atoms with Crippen LogP contribution < -0.4 is 0 Å². The van der Waals surface area contributed by atoms with Crippen molar-refractivity contribution in [1.82, 2.24) is 0 Å². The summed E-state index contributed by atoms with van der Waals surface area (Å²) in [7, 11) is 0. The van der Waals surface area contributed by atoms with Crippen LogP contribution in [0.25, 0.3) is 0 Å². The maximum Gasteiger partial charge on any atom is 0.222 e. The van der Waals surface area contributed by atoms with Crippen LogP contribution in [0.5, 0.6) is 0 Å². The Bertz CT molecular complexity index is 362. The highest BCUT2D eigenvalue weighted by molar-refractivity contribution is 6.00. The molecule has 1 aliphatic carbocycles. The maximum atomic E-state index is 10.9. The molecule has 0 amide bonds. The predicted octanol–water partition coefficient (Wildman–Crippen LogP) is 0.815. The van der Waals surface area contributed by atoms with Gasteiger partial charge in [0.2, 0.25) is 6.29 Å². The molecule has 0 bridgehead atoms. The highest BCUT2D eigenvalue weighted by Crippen LogP contribution is 2.12. The quantitative estimate of drug-likeness (QED) is 0.580. The third-order valence-corrected chi connectivity index (χ3v) is 2.03. The van der Waals surface area contributed by atoms with Crippen molar-refractivity contribution in [2.24, 2.45) is 0 Å². The Kier molecular flexibility index (Phi) is 5.11. The first-order valence-electron chi connectivity index (χ1n) is 5.50. The average Bonchev–Trinajstić information content (AvgIpc) is 2.31. The van der Waals surface area contributed by atoms with E-state index in [1.54, 1.807) is 0 Å². The van der Waals surface area contributed by atoms with E-state index < -0.39 is 11.9 Å². The summed E-state index contributed by atoms with van der Waals surface area (Å²) in [6.07, 6.45) is 4.60. The van der Waals surface area contributed by atoms with E-state index in [0.717, 1.165) is 0 Å². The van der Waals surface area contributed by atoms with Crippen molar-refractivity contribution in [2.75, 3.05) is 13.2 Å². The summed E-state index contributed by atoms with van der Waals surface area (Å²) < 4.78 is 10.4. The molecule has 1 aliphatic rings. The molecule has 1 N–H and O–H groups in total. The molecule has 4 heteroatoms. The van der Waals surface area contributed by atoms with Gasteiger partial charge in [0.05, 0.1) is 0 Å². The molecular weight excluding hydrogens is 220 g/mol. The summed E-state index contributed by atoms with van der Waals surface area (Å²) in [5, 5.41) is 9.96. The fraction of sp³-hybridized carbons (Fsp3) is 0.462. The van der Waals surface area contributed by atoms with E-state index in [9.17, 15) is 9.90 Å². The van der Waals surface area contributed by atoms with Gasteiger partial charge in [0.25, 0.3) is 0 Å². The zero-order chi connectivity index (χ0) is 12.7. The summed E-state index contributed by atoms with van der Waals surface area (Å²) in [6.45, 7) is 4.62. The van der Waals surface area contributed by atoms with Gasteiger partial charge in [-0.2, -0.15) is 0 Å². The van der Waals surface area contributed by atoms with Crippen LogP contribution in [-0.2, 0) is 14.3 Å². The molecule has 0 radical (unpaired) electrons. The zero-order valence-corrected chi connectivity index (χ0v) is 9.97. The van der Waals surface area contributed by atoms with E-state index in [1.807, 2.05) is 13.8 Å². The van der Waals surface area contributed by atoms with E-state index >= 15 is 0 Å². The number of hydrogen-bond acceptors (Lipinski definition) is 4. The van der Waals surface area contributed by atoms with Gasteiger partial charge >= 0.3 is 0 Å². The topological polar surface area (TPSA) is 55.8 Å². The SMILES string of the molecule is CCOC(C#CC1(O)C=CC(=O)C=C1)OCC. The molecule has 92 valence electrons. The van der Waals surface area contributed by atoms with Crippen molar-refractivity contribution in [2.45, 2.75) is 25.7 Å². The van der Waals surface area contributed by atoms with Crippen LogP contribution >= 0.6 is 0 Å². The molecule has 0 aromatic rings. The number of hydrogen-bond donors (Lipinski definition) is 1. The molecule has 0 unspecified atom stereocenters. The summed E-state index contributed by atoms with van der Waals surface area (Å²) in [5.41, 5.74) is -1.42. The number of rotatable bonds is 4. The Hall–Kier alpha value is -1.41. The first-order chi connectivity index (χ1) is 8.09. The van der Waals surface area contributed by atoms with Gasteiger partial charge < -0.3 is 14.6 Å². The number of carbonyl (C=O) groups is 1. The van der Waals surface area contributed by atoms with Gasteiger partial charge in [0, 0.05) is 13.2 Å². The molecule has 1 rings (SSSR count). The van der Waals surface area contributed by atoms with Crippen LogP contribution in [-0.4, -0.2) is 36.0 Å². The second kappa shape index (κ2) is 6.36. The summed E-state index contributed by atoms with van der Waals surface area (Å²) in [4.78, 5) is 10.9. The molecule has 0 saturated carbocycles. The zero-order valence-electron chi connectivity index (χ0n) is 9.97. The van der Waals surface area contributed by atoms with Crippen molar-refractivity contribution in [3.63, 3.8) is 0 Å². The summed E-state index contributed by atoms with van der Waals surface area (Å²) in [6, 6.07) is 0. The van der Waals surface area contributed by atoms with Gasteiger partial charge in [-0.1, -0.05) is 5.92 Å². The molecule has 0 aromatic carbocycles. The highest BCUT2D eigenvalue weighted by atomic mass is 16.7. The number of aliphatic hydroxyl groups is 1. The van der Waals surface area contributed by atoms with Crippen LogP contribution in [0.4, 0.5) is 0 Å². The van der Waals surface area contributed by atoms with Gasteiger partial charge in [0.1, 0.15) is 0 Å². The van der Waals surface area contributed by atoms with E-state index in [1.165, 1.54) is 24.3 Å². The van der Waals surface area contributed by atoms with Crippen LogP contribution in [0, 0.1) is 11.8 Å². The third-order valence-electron chi connectivity index (χ3n) is 2.03. The van der Waals surface area contributed by atoms with Crippen LogP contribution in [0.1, 0.15) is 13.8 Å². The minimum atomic E-state index is -1.42. The predicted molar refractivity (Wildman–Crippen MR) is 63.1 cm³/mol. The lowest BCUT2D eigenvalue weighted by atomic mass is 9.98. The molecule has 17 heavy (non-hydrogen) atoms. The van der Waals surface area contributed by atoms with Gasteiger partial charge in [-0.05, 0) is 44.1 Å². The first kappa shape index (κ1) is 13.7. The second-order valence-corrected chi connectivity index (χ2v) is 3.41. The lowest BCUT2D eigenvalue weighted by Gasteiger charge is -2.16. The minimum absolute atomic E-state index is 0.164. The number of ether oxygens (including phenoxy) is 2. The Morgan fingerprint density at radius 2 is 1.82 bits per heavy atom. The minimum Gasteiger partial charge on any atom is -0.370 e. The van der Waals surface area contributed by atoms with E-state index in [4.69, 9.17) is 9.47 Å². The second-order valence-electron chi connectivity index (χ2n) is 3.41. The molecule has 0 heterocycles. The van der Waals surface area contributed by atoms with E-state index in [2.05, 4.69) is 11.8 Å². The van der Waals surface area contributed by atoms with Crippen LogP contribution in [0.15, 0.2) is 24.3 Å². The van der Waals surface area contributed by atoms with Gasteiger partial charge in [-0.15, -0.1) is 0 Å². The molecule has 0 aromatic heterocycles. The van der Waals surface area contributed by atoms with E-state index in [0.29, 0.717) is 13.2 Å².